The molecule has 0 spiro atoms. The summed E-state index contributed by atoms with van der Waals surface area (Å²) >= 11 is 0. The van der Waals surface area contributed by atoms with Crippen LogP contribution < -0.4 is 5.32 Å². The van der Waals surface area contributed by atoms with Gasteiger partial charge in [0.1, 0.15) is 0 Å². The van der Waals surface area contributed by atoms with Crippen molar-refractivity contribution in [2.45, 2.75) is 71.5 Å². The summed E-state index contributed by atoms with van der Waals surface area (Å²) in [6.45, 7) is 7.41. The second-order valence-electron chi connectivity index (χ2n) is 5.91. The molecule has 1 heterocycles. The van der Waals surface area contributed by atoms with Crippen molar-refractivity contribution in [3.8, 4) is 0 Å². The van der Waals surface area contributed by atoms with Gasteiger partial charge in [-0.25, -0.2) is 0 Å². The normalized spacial score (nSPS) is 31.0. The molecule has 1 amide bonds. The van der Waals surface area contributed by atoms with Crippen LogP contribution in [0.3, 0.4) is 0 Å². The Morgan fingerprint density at radius 1 is 1.35 bits per heavy atom. The molecule has 0 bridgehead atoms. The summed E-state index contributed by atoms with van der Waals surface area (Å²) in [5.74, 6) is 0.311. The van der Waals surface area contributed by atoms with Gasteiger partial charge in [0.15, 0.2) is 0 Å². The minimum atomic E-state index is 0.0176. The molecule has 1 N–H and O–H groups in total. The SMILES string of the molecule is CCCC1NC(C)C(=O)N1CC1(CCC)CC1. The Morgan fingerprint density at radius 2 is 2.06 bits per heavy atom. The second-order valence-corrected chi connectivity index (χ2v) is 5.91. The van der Waals surface area contributed by atoms with Gasteiger partial charge in [0, 0.05) is 6.54 Å². The van der Waals surface area contributed by atoms with E-state index in [1.54, 1.807) is 0 Å². The third kappa shape index (κ3) is 2.65. The molecule has 1 aliphatic carbocycles. The van der Waals surface area contributed by atoms with E-state index in [2.05, 4.69) is 24.1 Å². The number of carbonyl (C=O) groups excluding carboxylic acids is 1. The van der Waals surface area contributed by atoms with Gasteiger partial charge in [0.2, 0.25) is 5.91 Å². The summed E-state index contributed by atoms with van der Waals surface area (Å²) < 4.78 is 0. The topological polar surface area (TPSA) is 32.3 Å². The fourth-order valence-electron chi connectivity index (χ4n) is 3.11. The summed E-state index contributed by atoms with van der Waals surface area (Å²) in [6.07, 6.45) is 7.66. The minimum Gasteiger partial charge on any atom is -0.325 e. The number of hydrogen-bond donors (Lipinski definition) is 1. The van der Waals surface area contributed by atoms with E-state index in [1.165, 1.54) is 25.7 Å². The van der Waals surface area contributed by atoms with Crippen molar-refractivity contribution in [1.29, 1.82) is 0 Å². The number of rotatable bonds is 6. The molecule has 2 unspecified atom stereocenters. The number of nitrogens with one attached hydrogen (secondary N) is 1. The predicted molar refractivity (Wildman–Crippen MR) is 69.6 cm³/mol. The van der Waals surface area contributed by atoms with Gasteiger partial charge in [0.05, 0.1) is 12.2 Å². The molecule has 3 nitrogen and oxygen atoms in total. The fraction of sp³-hybridized carbons (Fsp3) is 0.929. The van der Waals surface area contributed by atoms with Gasteiger partial charge >= 0.3 is 0 Å². The van der Waals surface area contributed by atoms with Gasteiger partial charge < -0.3 is 4.90 Å². The van der Waals surface area contributed by atoms with Crippen LogP contribution in [0.25, 0.3) is 0 Å². The highest BCUT2D eigenvalue weighted by Gasteiger charge is 2.47. The Labute approximate surface area is 105 Å². The number of hydrogen-bond acceptors (Lipinski definition) is 2. The largest absolute Gasteiger partial charge is 0.325 e. The quantitative estimate of drug-likeness (QED) is 0.771. The molecule has 0 aromatic heterocycles. The van der Waals surface area contributed by atoms with E-state index in [0.717, 1.165) is 19.4 Å². The van der Waals surface area contributed by atoms with Crippen molar-refractivity contribution in [3.63, 3.8) is 0 Å². The van der Waals surface area contributed by atoms with Crippen molar-refractivity contribution in [1.82, 2.24) is 10.2 Å². The third-order valence-corrected chi connectivity index (χ3v) is 4.28. The van der Waals surface area contributed by atoms with Gasteiger partial charge in [-0.15, -0.1) is 0 Å². The van der Waals surface area contributed by atoms with Crippen LogP contribution in [0.2, 0.25) is 0 Å². The van der Waals surface area contributed by atoms with Crippen molar-refractivity contribution >= 4 is 5.91 Å². The van der Waals surface area contributed by atoms with Gasteiger partial charge in [-0.05, 0) is 38.0 Å². The number of carbonyl (C=O) groups is 1. The van der Waals surface area contributed by atoms with Gasteiger partial charge in [0.25, 0.3) is 0 Å². The minimum absolute atomic E-state index is 0.0176. The molecular weight excluding hydrogens is 212 g/mol. The predicted octanol–water partition coefficient (Wildman–Crippen LogP) is 2.51. The summed E-state index contributed by atoms with van der Waals surface area (Å²) in [6, 6.07) is 0.0176. The van der Waals surface area contributed by atoms with Crippen LogP contribution in [0.4, 0.5) is 0 Å². The first-order valence-corrected chi connectivity index (χ1v) is 7.18. The lowest BCUT2D eigenvalue weighted by Gasteiger charge is -2.28. The van der Waals surface area contributed by atoms with E-state index in [1.807, 2.05) is 6.92 Å². The molecule has 2 fully saturated rings. The first kappa shape index (κ1) is 12.9. The molecule has 1 saturated heterocycles. The molecule has 1 aliphatic heterocycles. The van der Waals surface area contributed by atoms with Crippen LogP contribution in [0.5, 0.6) is 0 Å². The van der Waals surface area contributed by atoms with Crippen LogP contribution in [0, 0.1) is 5.41 Å². The molecule has 2 rings (SSSR count). The number of amides is 1. The smallest absolute Gasteiger partial charge is 0.240 e. The molecule has 2 aliphatic rings. The molecular formula is C14H26N2O. The van der Waals surface area contributed by atoms with E-state index >= 15 is 0 Å². The first-order chi connectivity index (χ1) is 8.12. The zero-order chi connectivity index (χ0) is 12.5. The summed E-state index contributed by atoms with van der Waals surface area (Å²) in [4.78, 5) is 14.3. The van der Waals surface area contributed by atoms with Crippen molar-refractivity contribution < 1.29 is 4.79 Å². The Hall–Kier alpha value is -0.570. The monoisotopic (exact) mass is 238 g/mol. The molecule has 0 radical (unpaired) electrons. The highest BCUT2D eigenvalue weighted by atomic mass is 16.2. The van der Waals surface area contributed by atoms with Crippen LogP contribution >= 0.6 is 0 Å². The van der Waals surface area contributed by atoms with E-state index in [9.17, 15) is 4.79 Å². The van der Waals surface area contributed by atoms with E-state index in [4.69, 9.17) is 0 Å². The average Bonchev–Trinajstić information content (AvgIpc) is 3.00. The standard InChI is InChI=1S/C14H26N2O/c1-4-6-12-15-11(3)13(17)16(12)10-14(7-5-2)8-9-14/h11-12,15H,4-10H2,1-3H3. The van der Waals surface area contributed by atoms with Crippen molar-refractivity contribution in [2.24, 2.45) is 5.41 Å². The fourth-order valence-corrected chi connectivity index (χ4v) is 3.11. The van der Waals surface area contributed by atoms with Gasteiger partial charge in [-0.1, -0.05) is 26.7 Å². The number of nitrogens with zero attached hydrogens (tertiary/aromatic N) is 1. The Kier molecular flexibility index (Phi) is 3.76. The summed E-state index contributed by atoms with van der Waals surface area (Å²) in [7, 11) is 0. The molecule has 1 saturated carbocycles. The van der Waals surface area contributed by atoms with E-state index in [-0.39, 0.29) is 12.2 Å². The van der Waals surface area contributed by atoms with E-state index in [0.29, 0.717) is 11.3 Å². The highest BCUT2D eigenvalue weighted by Crippen LogP contribution is 2.50. The maximum absolute atomic E-state index is 12.2. The van der Waals surface area contributed by atoms with Crippen molar-refractivity contribution in [3.05, 3.63) is 0 Å². The maximum atomic E-state index is 12.2. The summed E-state index contributed by atoms with van der Waals surface area (Å²) in [5.41, 5.74) is 0.474. The van der Waals surface area contributed by atoms with Gasteiger partial charge in [-0.3, -0.25) is 10.1 Å². The average molecular weight is 238 g/mol. The first-order valence-electron chi connectivity index (χ1n) is 7.18. The lowest BCUT2D eigenvalue weighted by molar-refractivity contribution is -0.130. The van der Waals surface area contributed by atoms with E-state index < -0.39 is 0 Å². The lowest BCUT2D eigenvalue weighted by atomic mass is 9.99. The third-order valence-electron chi connectivity index (χ3n) is 4.28. The zero-order valence-electron chi connectivity index (χ0n) is 11.5. The molecule has 98 valence electrons. The Morgan fingerprint density at radius 3 is 2.59 bits per heavy atom. The molecule has 0 aromatic carbocycles. The Bertz CT molecular complexity index is 286. The Balaban J connectivity index is 1.99. The lowest BCUT2D eigenvalue weighted by Crippen LogP contribution is -2.41. The van der Waals surface area contributed by atoms with Crippen LogP contribution in [-0.4, -0.2) is 29.6 Å². The highest BCUT2D eigenvalue weighted by molar-refractivity contribution is 5.84. The van der Waals surface area contributed by atoms with Crippen LogP contribution in [-0.2, 0) is 4.79 Å². The maximum Gasteiger partial charge on any atom is 0.240 e. The summed E-state index contributed by atoms with van der Waals surface area (Å²) in [5, 5.41) is 3.42. The van der Waals surface area contributed by atoms with Crippen LogP contribution in [0.15, 0.2) is 0 Å². The van der Waals surface area contributed by atoms with Crippen molar-refractivity contribution in [2.75, 3.05) is 6.54 Å². The molecule has 3 heteroatoms. The molecule has 2 atom stereocenters. The zero-order valence-corrected chi connectivity index (χ0v) is 11.5. The van der Waals surface area contributed by atoms with Crippen LogP contribution in [0.1, 0.15) is 59.3 Å². The molecule has 17 heavy (non-hydrogen) atoms. The second kappa shape index (κ2) is 4.97. The molecule has 0 aromatic rings. The van der Waals surface area contributed by atoms with Gasteiger partial charge in [-0.2, -0.15) is 0 Å².